The fourth-order valence-electron chi connectivity index (χ4n) is 2.30. The van der Waals surface area contributed by atoms with Crippen LogP contribution in [0.4, 0.5) is 0 Å². The van der Waals surface area contributed by atoms with Crippen LogP contribution in [0.2, 0.25) is 0 Å². The number of nitrogens with zero attached hydrogens (tertiary/aromatic N) is 1. The van der Waals surface area contributed by atoms with Crippen LogP contribution in [0.5, 0.6) is 5.75 Å². The van der Waals surface area contributed by atoms with Gasteiger partial charge < -0.3 is 14.8 Å². The second kappa shape index (κ2) is 10.6. The summed E-state index contributed by atoms with van der Waals surface area (Å²) in [6.07, 6.45) is 1.14. The minimum atomic E-state index is 0.340. The van der Waals surface area contributed by atoms with Crippen molar-refractivity contribution in [2.24, 2.45) is 0 Å². The quantitative estimate of drug-likeness (QED) is 0.680. The van der Waals surface area contributed by atoms with Crippen LogP contribution in [0.15, 0.2) is 24.3 Å². The summed E-state index contributed by atoms with van der Waals surface area (Å²) < 4.78 is 10.4. The molecule has 0 aliphatic rings. The summed E-state index contributed by atoms with van der Waals surface area (Å²) >= 11 is 0. The van der Waals surface area contributed by atoms with Gasteiger partial charge in [-0.3, -0.25) is 4.90 Å². The van der Waals surface area contributed by atoms with Gasteiger partial charge in [0.1, 0.15) is 5.75 Å². The van der Waals surface area contributed by atoms with Gasteiger partial charge in [-0.15, -0.1) is 0 Å². The number of nitrogens with one attached hydrogen (secondary N) is 1. The van der Waals surface area contributed by atoms with Crippen LogP contribution < -0.4 is 10.1 Å². The molecule has 4 nitrogen and oxygen atoms in total. The zero-order valence-corrected chi connectivity index (χ0v) is 13.9. The Balaban J connectivity index is 2.72. The summed E-state index contributed by atoms with van der Waals surface area (Å²) in [5, 5.41) is 3.64. The summed E-state index contributed by atoms with van der Waals surface area (Å²) in [5.41, 5.74) is 1.31. The standard InChI is InChI=1S/C17H30N2O2/c1-5-11-18-17(14-19(6-2)12-13-20-3)15-7-9-16(21-4)10-8-15/h7-10,17-18H,5-6,11-14H2,1-4H3. The van der Waals surface area contributed by atoms with Gasteiger partial charge in [-0.05, 0) is 37.2 Å². The maximum absolute atomic E-state index is 5.24. The average Bonchev–Trinajstić information content (AvgIpc) is 2.54. The molecule has 1 rings (SSSR count). The third-order valence-electron chi connectivity index (χ3n) is 3.66. The van der Waals surface area contributed by atoms with E-state index in [1.807, 2.05) is 12.1 Å². The molecule has 1 atom stereocenters. The summed E-state index contributed by atoms with van der Waals surface area (Å²) in [6, 6.07) is 8.70. The molecule has 0 saturated heterocycles. The second-order valence-corrected chi connectivity index (χ2v) is 5.17. The van der Waals surface area contributed by atoms with Gasteiger partial charge in [-0.1, -0.05) is 26.0 Å². The number of likely N-dealkylation sites (N-methyl/N-ethyl adjacent to an activating group) is 1. The van der Waals surface area contributed by atoms with Crippen molar-refractivity contribution in [2.75, 3.05) is 47.0 Å². The fourth-order valence-corrected chi connectivity index (χ4v) is 2.30. The molecular formula is C17H30N2O2. The largest absolute Gasteiger partial charge is 0.497 e. The number of ether oxygens (including phenoxy) is 2. The number of benzene rings is 1. The van der Waals surface area contributed by atoms with Crippen LogP contribution in [0.25, 0.3) is 0 Å². The van der Waals surface area contributed by atoms with E-state index < -0.39 is 0 Å². The van der Waals surface area contributed by atoms with E-state index in [0.29, 0.717) is 6.04 Å². The van der Waals surface area contributed by atoms with Crippen molar-refractivity contribution in [3.63, 3.8) is 0 Å². The van der Waals surface area contributed by atoms with Crippen LogP contribution in [0.3, 0.4) is 0 Å². The van der Waals surface area contributed by atoms with Crippen LogP contribution in [-0.2, 0) is 4.74 Å². The molecule has 0 aliphatic carbocycles. The molecule has 120 valence electrons. The molecule has 1 N–H and O–H groups in total. The van der Waals surface area contributed by atoms with Crippen LogP contribution in [0, 0.1) is 0 Å². The predicted molar refractivity (Wildman–Crippen MR) is 88.0 cm³/mol. The highest BCUT2D eigenvalue weighted by molar-refractivity contribution is 5.29. The van der Waals surface area contributed by atoms with E-state index in [1.165, 1.54) is 5.56 Å². The molecule has 0 saturated carbocycles. The Hall–Kier alpha value is -1.10. The second-order valence-electron chi connectivity index (χ2n) is 5.17. The molecule has 0 amide bonds. The van der Waals surface area contributed by atoms with E-state index >= 15 is 0 Å². The first-order chi connectivity index (χ1) is 10.2. The first-order valence-electron chi connectivity index (χ1n) is 7.83. The molecule has 0 spiro atoms. The molecule has 1 unspecified atom stereocenters. The van der Waals surface area contributed by atoms with E-state index in [-0.39, 0.29) is 0 Å². The normalized spacial score (nSPS) is 12.6. The number of methoxy groups -OCH3 is 2. The highest BCUT2D eigenvalue weighted by Crippen LogP contribution is 2.19. The van der Waals surface area contributed by atoms with Gasteiger partial charge in [0.05, 0.1) is 13.7 Å². The Morgan fingerprint density at radius 2 is 1.86 bits per heavy atom. The van der Waals surface area contributed by atoms with Gasteiger partial charge in [-0.2, -0.15) is 0 Å². The van der Waals surface area contributed by atoms with Crippen molar-refractivity contribution in [1.82, 2.24) is 10.2 Å². The van der Waals surface area contributed by atoms with Crippen molar-refractivity contribution < 1.29 is 9.47 Å². The minimum absolute atomic E-state index is 0.340. The molecule has 0 aromatic heterocycles. The maximum atomic E-state index is 5.24. The summed E-state index contributed by atoms with van der Waals surface area (Å²) in [4.78, 5) is 2.42. The monoisotopic (exact) mass is 294 g/mol. The van der Waals surface area contributed by atoms with Crippen molar-refractivity contribution in [3.05, 3.63) is 29.8 Å². The van der Waals surface area contributed by atoms with Crippen LogP contribution >= 0.6 is 0 Å². The third kappa shape index (κ3) is 6.46. The predicted octanol–water partition coefficient (Wildman–Crippen LogP) is 2.70. The summed E-state index contributed by atoms with van der Waals surface area (Å²) in [5.74, 6) is 0.903. The molecule has 0 fully saturated rings. The van der Waals surface area contributed by atoms with Crippen molar-refractivity contribution in [2.45, 2.75) is 26.3 Å². The third-order valence-corrected chi connectivity index (χ3v) is 3.66. The van der Waals surface area contributed by atoms with E-state index in [4.69, 9.17) is 9.47 Å². The lowest BCUT2D eigenvalue weighted by atomic mass is 10.1. The van der Waals surface area contributed by atoms with Gasteiger partial charge in [0.25, 0.3) is 0 Å². The Kier molecular flexibility index (Phi) is 9.06. The van der Waals surface area contributed by atoms with Gasteiger partial charge in [0.2, 0.25) is 0 Å². The van der Waals surface area contributed by atoms with Gasteiger partial charge >= 0.3 is 0 Å². The van der Waals surface area contributed by atoms with Crippen molar-refractivity contribution in [1.29, 1.82) is 0 Å². The zero-order valence-electron chi connectivity index (χ0n) is 13.9. The molecule has 0 aliphatic heterocycles. The highest BCUT2D eigenvalue weighted by atomic mass is 16.5. The van der Waals surface area contributed by atoms with Crippen molar-refractivity contribution >= 4 is 0 Å². The molecule has 21 heavy (non-hydrogen) atoms. The molecule has 0 bridgehead atoms. The summed E-state index contributed by atoms with van der Waals surface area (Å²) in [6.45, 7) is 9.18. The number of hydrogen-bond acceptors (Lipinski definition) is 4. The van der Waals surface area contributed by atoms with E-state index in [9.17, 15) is 0 Å². The Labute approximate surface area is 129 Å². The maximum Gasteiger partial charge on any atom is 0.118 e. The molecular weight excluding hydrogens is 264 g/mol. The Morgan fingerprint density at radius 3 is 2.38 bits per heavy atom. The van der Waals surface area contributed by atoms with Gasteiger partial charge in [-0.25, -0.2) is 0 Å². The molecule has 4 heteroatoms. The Morgan fingerprint density at radius 1 is 1.14 bits per heavy atom. The van der Waals surface area contributed by atoms with E-state index in [0.717, 1.165) is 45.0 Å². The molecule has 0 radical (unpaired) electrons. The lowest BCUT2D eigenvalue weighted by Gasteiger charge is -2.27. The summed E-state index contributed by atoms with van der Waals surface area (Å²) in [7, 11) is 3.45. The first-order valence-corrected chi connectivity index (χ1v) is 7.83. The van der Waals surface area contributed by atoms with Crippen LogP contribution in [-0.4, -0.2) is 51.9 Å². The molecule has 1 aromatic rings. The van der Waals surface area contributed by atoms with Gasteiger partial charge in [0, 0.05) is 26.2 Å². The molecule has 0 heterocycles. The SMILES string of the molecule is CCCNC(CN(CC)CCOC)c1ccc(OC)cc1. The first kappa shape index (κ1) is 18.0. The zero-order chi connectivity index (χ0) is 15.5. The van der Waals surface area contributed by atoms with E-state index in [1.54, 1.807) is 14.2 Å². The smallest absolute Gasteiger partial charge is 0.118 e. The van der Waals surface area contributed by atoms with Crippen LogP contribution in [0.1, 0.15) is 31.9 Å². The lowest BCUT2D eigenvalue weighted by molar-refractivity contribution is 0.144. The van der Waals surface area contributed by atoms with Gasteiger partial charge in [0.15, 0.2) is 0 Å². The molecule has 1 aromatic carbocycles. The average molecular weight is 294 g/mol. The van der Waals surface area contributed by atoms with E-state index in [2.05, 4.69) is 36.2 Å². The lowest BCUT2D eigenvalue weighted by Crippen LogP contribution is -2.37. The highest BCUT2D eigenvalue weighted by Gasteiger charge is 2.14. The minimum Gasteiger partial charge on any atom is -0.497 e. The number of hydrogen-bond donors (Lipinski definition) is 1. The number of rotatable bonds is 11. The van der Waals surface area contributed by atoms with Crippen molar-refractivity contribution in [3.8, 4) is 5.75 Å². The fraction of sp³-hybridized carbons (Fsp3) is 0.647. The Bertz CT molecular complexity index is 368. The topological polar surface area (TPSA) is 33.7 Å².